The Morgan fingerprint density at radius 1 is 0.720 bits per heavy atom. The molecule has 0 spiro atoms. The van der Waals surface area contributed by atoms with E-state index in [1.807, 2.05) is 0 Å². The van der Waals surface area contributed by atoms with Gasteiger partial charge < -0.3 is 4.74 Å². The molecule has 25 heavy (non-hydrogen) atoms. The van der Waals surface area contributed by atoms with Crippen molar-refractivity contribution in [3.8, 4) is 0 Å². The molecule has 0 rings (SSSR count). The Morgan fingerprint density at radius 2 is 1.16 bits per heavy atom. The lowest BCUT2D eigenvalue weighted by atomic mass is 10.0. The SMILES string of the molecule is C=CC(=O)OCC/C=C/CCCCCCCCCCCCCCCC. The standard InChI is InChI=1S/C23H42O2/c1-3-5-6-7-8-9-10-11-12-13-14-15-16-17-18-19-20-21-22-25-23(24)4-2/h4,19-20H,2-3,5-18,21-22H2,1H3/b20-19+. The monoisotopic (exact) mass is 350 g/mol. The van der Waals surface area contributed by atoms with Crippen LogP contribution < -0.4 is 0 Å². The molecule has 2 nitrogen and oxygen atoms in total. The van der Waals surface area contributed by atoms with Crippen LogP contribution in [0.3, 0.4) is 0 Å². The molecule has 0 saturated carbocycles. The molecule has 0 saturated heterocycles. The Bertz CT molecular complexity index is 320. The number of hydrogen-bond donors (Lipinski definition) is 0. The van der Waals surface area contributed by atoms with Gasteiger partial charge in [-0.1, -0.05) is 109 Å². The molecule has 0 N–H and O–H groups in total. The van der Waals surface area contributed by atoms with Gasteiger partial charge in [-0.15, -0.1) is 0 Å². The van der Waals surface area contributed by atoms with Gasteiger partial charge in [-0.2, -0.15) is 0 Å². The van der Waals surface area contributed by atoms with Gasteiger partial charge in [-0.3, -0.25) is 0 Å². The minimum Gasteiger partial charge on any atom is -0.462 e. The van der Waals surface area contributed by atoms with E-state index in [4.69, 9.17) is 4.74 Å². The molecule has 0 fully saturated rings. The molecule has 0 radical (unpaired) electrons. The highest BCUT2D eigenvalue weighted by molar-refractivity contribution is 5.81. The van der Waals surface area contributed by atoms with Crippen LogP contribution in [0.4, 0.5) is 0 Å². The summed E-state index contributed by atoms with van der Waals surface area (Å²) in [6.07, 6.45) is 27.1. The smallest absolute Gasteiger partial charge is 0.330 e. The van der Waals surface area contributed by atoms with Crippen molar-refractivity contribution in [2.24, 2.45) is 0 Å². The maximum atomic E-state index is 10.8. The summed E-state index contributed by atoms with van der Waals surface area (Å²) in [5, 5.41) is 0. The van der Waals surface area contributed by atoms with Crippen molar-refractivity contribution in [3.63, 3.8) is 0 Å². The average molecular weight is 351 g/mol. The molecule has 0 aliphatic heterocycles. The Hall–Kier alpha value is -1.05. The molecule has 0 heterocycles. The summed E-state index contributed by atoms with van der Waals surface area (Å²) in [6.45, 7) is 6.11. The van der Waals surface area contributed by atoms with Crippen LogP contribution in [0.15, 0.2) is 24.8 Å². The van der Waals surface area contributed by atoms with Gasteiger partial charge in [0.1, 0.15) is 0 Å². The molecule has 0 atom stereocenters. The second kappa shape index (κ2) is 21.0. The highest BCUT2D eigenvalue weighted by atomic mass is 16.5. The van der Waals surface area contributed by atoms with Gasteiger partial charge in [0, 0.05) is 6.08 Å². The van der Waals surface area contributed by atoms with E-state index in [2.05, 4.69) is 25.7 Å². The van der Waals surface area contributed by atoms with E-state index in [1.54, 1.807) is 0 Å². The zero-order chi connectivity index (χ0) is 18.4. The zero-order valence-corrected chi connectivity index (χ0v) is 16.8. The molecule has 0 bridgehead atoms. The lowest BCUT2D eigenvalue weighted by molar-refractivity contribution is -0.137. The van der Waals surface area contributed by atoms with Crippen molar-refractivity contribution in [3.05, 3.63) is 24.8 Å². The van der Waals surface area contributed by atoms with Gasteiger partial charge in [-0.25, -0.2) is 4.79 Å². The van der Waals surface area contributed by atoms with Crippen LogP contribution in [0.25, 0.3) is 0 Å². The van der Waals surface area contributed by atoms with Crippen LogP contribution in [0.1, 0.15) is 110 Å². The normalized spacial score (nSPS) is 11.1. The van der Waals surface area contributed by atoms with Gasteiger partial charge >= 0.3 is 5.97 Å². The molecule has 0 aliphatic carbocycles. The van der Waals surface area contributed by atoms with Crippen molar-refractivity contribution >= 4 is 5.97 Å². The van der Waals surface area contributed by atoms with E-state index in [0.717, 1.165) is 12.8 Å². The van der Waals surface area contributed by atoms with Crippen molar-refractivity contribution < 1.29 is 9.53 Å². The number of ether oxygens (including phenoxy) is 1. The molecule has 0 aliphatic rings. The van der Waals surface area contributed by atoms with E-state index in [-0.39, 0.29) is 5.97 Å². The van der Waals surface area contributed by atoms with Gasteiger partial charge in [-0.05, 0) is 19.3 Å². The number of carbonyl (C=O) groups excluding carboxylic acids is 1. The van der Waals surface area contributed by atoms with Crippen LogP contribution in [0.2, 0.25) is 0 Å². The molecule has 0 aromatic heterocycles. The summed E-state index contributed by atoms with van der Waals surface area (Å²) in [5.41, 5.74) is 0. The van der Waals surface area contributed by atoms with Gasteiger partial charge in [0.25, 0.3) is 0 Å². The van der Waals surface area contributed by atoms with E-state index in [1.165, 1.54) is 96.0 Å². The zero-order valence-electron chi connectivity index (χ0n) is 16.8. The fourth-order valence-electron chi connectivity index (χ4n) is 2.98. The van der Waals surface area contributed by atoms with Crippen molar-refractivity contribution in [2.75, 3.05) is 6.61 Å². The molecule has 0 amide bonds. The number of carbonyl (C=O) groups is 1. The van der Waals surface area contributed by atoms with E-state index in [9.17, 15) is 4.79 Å². The summed E-state index contributed by atoms with van der Waals surface area (Å²) < 4.78 is 4.91. The van der Waals surface area contributed by atoms with Gasteiger partial charge in [0.15, 0.2) is 0 Å². The summed E-state index contributed by atoms with van der Waals surface area (Å²) in [6, 6.07) is 0. The summed E-state index contributed by atoms with van der Waals surface area (Å²) in [4.78, 5) is 10.8. The van der Waals surface area contributed by atoms with Crippen molar-refractivity contribution in [1.29, 1.82) is 0 Å². The maximum Gasteiger partial charge on any atom is 0.330 e. The molecule has 0 unspecified atom stereocenters. The number of hydrogen-bond acceptors (Lipinski definition) is 2. The number of esters is 1. The Labute approximate surface area is 157 Å². The second-order valence-corrected chi connectivity index (χ2v) is 7.02. The predicted octanol–water partition coefficient (Wildman–Crippen LogP) is 7.53. The third-order valence-corrected chi connectivity index (χ3v) is 4.59. The second-order valence-electron chi connectivity index (χ2n) is 7.02. The lowest BCUT2D eigenvalue weighted by Crippen LogP contribution is -2.00. The third-order valence-electron chi connectivity index (χ3n) is 4.59. The Morgan fingerprint density at radius 3 is 1.64 bits per heavy atom. The number of allylic oxidation sites excluding steroid dienone is 1. The minimum atomic E-state index is -0.333. The third kappa shape index (κ3) is 20.9. The first-order valence-corrected chi connectivity index (χ1v) is 10.8. The van der Waals surface area contributed by atoms with Crippen LogP contribution >= 0.6 is 0 Å². The average Bonchev–Trinajstić information content (AvgIpc) is 2.63. The van der Waals surface area contributed by atoms with Crippen LogP contribution in [-0.4, -0.2) is 12.6 Å². The van der Waals surface area contributed by atoms with E-state index >= 15 is 0 Å². The quantitative estimate of drug-likeness (QED) is 0.104. The summed E-state index contributed by atoms with van der Waals surface area (Å²) in [7, 11) is 0. The molecule has 2 heteroatoms. The molecule has 0 aromatic carbocycles. The fourth-order valence-corrected chi connectivity index (χ4v) is 2.98. The Kier molecular flexibility index (Phi) is 20.1. The van der Waals surface area contributed by atoms with Gasteiger partial charge in [0.2, 0.25) is 0 Å². The van der Waals surface area contributed by atoms with E-state index in [0.29, 0.717) is 6.61 Å². The van der Waals surface area contributed by atoms with Crippen molar-refractivity contribution in [2.45, 2.75) is 110 Å². The Balaban J connectivity index is 3.09. The number of unbranched alkanes of at least 4 members (excludes halogenated alkanes) is 14. The molecule has 0 aromatic rings. The van der Waals surface area contributed by atoms with Crippen molar-refractivity contribution in [1.82, 2.24) is 0 Å². The summed E-state index contributed by atoms with van der Waals surface area (Å²) in [5.74, 6) is -0.333. The number of rotatable bonds is 19. The topological polar surface area (TPSA) is 26.3 Å². The first-order chi connectivity index (χ1) is 12.3. The van der Waals surface area contributed by atoms with E-state index < -0.39 is 0 Å². The lowest BCUT2D eigenvalue weighted by Gasteiger charge is -2.02. The van der Waals surface area contributed by atoms with Crippen LogP contribution in [0.5, 0.6) is 0 Å². The summed E-state index contributed by atoms with van der Waals surface area (Å²) >= 11 is 0. The molecular formula is C23H42O2. The highest BCUT2D eigenvalue weighted by Crippen LogP contribution is 2.13. The first kappa shape index (κ1) is 23.9. The predicted molar refractivity (Wildman–Crippen MR) is 110 cm³/mol. The maximum absolute atomic E-state index is 10.8. The van der Waals surface area contributed by atoms with Crippen LogP contribution in [-0.2, 0) is 9.53 Å². The van der Waals surface area contributed by atoms with Gasteiger partial charge in [0.05, 0.1) is 6.61 Å². The minimum absolute atomic E-state index is 0.333. The molecule has 146 valence electrons. The molecular weight excluding hydrogens is 308 g/mol. The largest absolute Gasteiger partial charge is 0.462 e. The fraction of sp³-hybridized carbons (Fsp3) is 0.783. The first-order valence-electron chi connectivity index (χ1n) is 10.8. The van der Waals surface area contributed by atoms with Crippen LogP contribution in [0, 0.1) is 0 Å². The highest BCUT2D eigenvalue weighted by Gasteiger charge is 1.94.